The third-order valence-corrected chi connectivity index (χ3v) is 4.19. The van der Waals surface area contributed by atoms with Crippen molar-refractivity contribution < 1.29 is 4.92 Å². The van der Waals surface area contributed by atoms with Crippen molar-refractivity contribution in [1.82, 2.24) is 0 Å². The van der Waals surface area contributed by atoms with Crippen LogP contribution >= 0.6 is 0 Å². The highest BCUT2D eigenvalue weighted by Gasteiger charge is 2.50. The van der Waals surface area contributed by atoms with E-state index in [0.717, 1.165) is 16.8 Å². The van der Waals surface area contributed by atoms with Gasteiger partial charge in [0.1, 0.15) is 5.54 Å². The van der Waals surface area contributed by atoms with Crippen LogP contribution in [0.25, 0.3) is 0 Å². The molecule has 0 amide bonds. The lowest BCUT2D eigenvalue weighted by Gasteiger charge is -2.40. The fourth-order valence-electron chi connectivity index (χ4n) is 3.30. The summed E-state index contributed by atoms with van der Waals surface area (Å²) in [6.45, 7) is 3.79. The molecule has 0 aliphatic carbocycles. The van der Waals surface area contributed by atoms with Gasteiger partial charge in [-0.3, -0.25) is 10.1 Å². The molecular weight excluding hydrogens is 264 g/mol. The van der Waals surface area contributed by atoms with Gasteiger partial charge in [0, 0.05) is 10.6 Å². The molecule has 4 nitrogen and oxygen atoms in total. The summed E-state index contributed by atoms with van der Waals surface area (Å²) in [7, 11) is 0. The summed E-state index contributed by atoms with van der Waals surface area (Å²) in [6.07, 6.45) is 0. The summed E-state index contributed by atoms with van der Waals surface area (Å²) in [5.41, 5.74) is 2.35. The number of hydrogen-bond acceptors (Lipinski definition) is 3. The lowest BCUT2D eigenvalue weighted by molar-refractivity contribution is -0.534. The Labute approximate surface area is 124 Å². The average molecular weight is 282 g/mol. The van der Waals surface area contributed by atoms with Gasteiger partial charge in [-0.1, -0.05) is 48.5 Å². The van der Waals surface area contributed by atoms with Crippen LogP contribution in [0.3, 0.4) is 0 Å². The van der Waals surface area contributed by atoms with Gasteiger partial charge in [-0.15, -0.1) is 0 Å². The SMILES string of the molecule is CC1(C)Nc2ccccc2C(c2ccccc2)C1[N+](=O)[O-]. The first-order valence-corrected chi connectivity index (χ1v) is 7.06. The zero-order valence-electron chi connectivity index (χ0n) is 12.1. The minimum atomic E-state index is -0.713. The van der Waals surface area contributed by atoms with Crippen LogP contribution in [0, 0.1) is 10.1 Å². The first kappa shape index (κ1) is 13.6. The van der Waals surface area contributed by atoms with E-state index in [1.807, 2.05) is 68.4 Å². The van der Waals surface area contributed by atoms with E-state index in [4.69, 9.17) is 0 Å². The number of fused-ring (bicyclic) bond motifs is 1. The van der Waals surface area contributed by atoms with E-state index in [1.54, 1.807) is 0 Å². The molecule has 0 bridgehead atoms. The Morgan fingerprint density at radius 3 is 2.33 bits per heavy atom. The standard InChI is InChI=1S/C17H18N2O2/c1-17(2)16(19(20)21)15(12-8-4-3-5-9-12)13-10-6-7-11-14(13)18-17/h3-11,15-16,18H,1-2H3. The zero-order valence-corrected chi connectivity index (χ0v) is 12.1. The predicted octanol–water partition coefficient (Wildman–Crippen LogP) is 3.67. The Balaban J connectivity index is 2.22. The Morgan fingerprint density at radius 2 is 1.67 bits per heavy atom. The highest BCUT2D eigenvalue weighted by Crippen LogP contribution is 2.43. The summed E-state index contributed by atoms with van der Waals surface area (Å²) in [5, 5.41) is 15.1. The summed E-state index contributed by atoms with van der Waals surface area (Å²) < 4.78 is 0. The molecule has 1 N–H and O–H groups in total. The topological polar surface area (TPSA) is 55.2 Å². The maximum atomic E-state index is 11.7. The molecule has 0 saturated carbocycles. The van der Waals surface area contributed by atoms with Crippen molar-refractivity contribution >= 4 is 5.69 Å². The normalized spacial score (nSPS) is 23.0. The maximum Gasteiger partial charge on any atom is 0.245 e. The van der Waals surface area contributed by atoms with E-state index < -0.39 is 11.6 Å². The minimum absolute atomic E-state index is 0.152. The molecule has 0 saturated heterocycles. The van der Waals surface area contributed by atoms with Gasteiger partial charge in [0.2, 0.25) is 6.04 Å². The largest absolute Gasteiger partial charge is 0.373 e. The highest BCUT2D eigenvalue weighted by atomic mass is 16.6. The monoisotopic (exact) mass is 282 g/mol. The van der Waals surface area contributed by atoms with E-state index in [9.17, 15) is 10.1 Å². The van der Waals surface area contributed by atoms with Crippen LogP contribution in [0.5, 0.6) is 0 Å². The third kappa shape index (κ3) is 2.27. The van der Waals surface area contributed by atoms with Crippen LogP contribution < -0.4 is 5.32 Å². The number of anilines is 1. The van der Waals surface area contributed by atoms with Gasteiger partial charge < -0.3 is 5.32 Å². The molecule has 108 valence electrons. The lowest BCUT2D eigenvalue weighted by Crippen LogP contribution is -2.54. The summed E-state index contributed by atoms with van der Waals surface area (Å²) >= 11 is 0. The van der Waals surface area contributed by atoms with E-state index in [1.165, 1.54) is 0 Å². The molecule has 1 aliphatic heterocycles. The molecule has 0 spiro atoms. The number of hydrogen-bond donors (Lipinski definition) is 1. The van der Waals surface area contributed by atoms with Crippen molar-refractivity contribution in [3.05, 3.63) is 75.8 Å². The second-order valence-electron chi connectivity index (χ2n) is 6.05. The van der Waals surface area contributed by atoms with Gasteiger partial charge in [0.25, 0.3) is 0 Å². The van der Waals surface area contributed by atoms with Crippen molar-refractivity contribution in [2.24, 2.45) is 0 Å². The molecule has 21 heavy (non-hydrogen) atoms. The van der Waals surface area contributed by atoms with E-state index in [-0.39, 0.29) is 10.8 Å². The number of nitro groups is 1. The first-order valence-electron chi connectivity index (χ1n) is 7.06. The molecule has 1 heterocycles. The second-order valence-corrected chi connectivity index (χ2v) is 6.05. The summed E-state index contributed by atoms with van der Waals surface area (Å²) in [5.74, 6) is -0.242. The van der Waals surface area contributed by atoms with Gasteiger partial charge in [-0.2, -0.15) is 0 Å². The van der Waals surface area contributed by atoms with Gasteiger partial charge in [-0.05, 0) is 31.0 Å². The first-order chi connectivity index (χ1) is 10.0. The molecule has 4 heteroatoms. The fourth-order valence-corrected chi connectivity index (χ4v) is 3.30. The molecule has 0 radical (unpaired) electrons. The smallest absolute Gasteiger partial charge is 0.245 e. The Kier molecular flexibility index (Phi) is 3.16. The Bertz CT molecular complexity index is 668. The average Bonchev–Trinajstić information content (AvgIpc) is 2.45. The van der Waals surface area contributed by atoms with Gasteiger partial charge in [-0.25, -0.2) is 0 Å². The van der Waals surface area contributed by atoms with Crippen molar-refractivity contribution in [3.63, 3.8) is 0 Å². The third-order valence-electron chi connectivity index (χ3n) is 4.19. The van der Waals surface area contributed by atoms with Gasteiger partial charge in [0.05, 0.1) is 5.92 Å². The minimum Gasteiger partial charge on any atom is -0.373 e. The zero-order chi connectivity index (χ0) is 15.0. The molecule has 0 aromatic heterocycles. The van der Waals surface area contributed by atoms with Crippen LogP contribution in [0.2, 0.25) is 0 Å². The maximum absolute atomic E-state index is 11.7. The Morgan fingerprint density at radius 1 is 1.05 bits per heavy atom. The van der Waals surface area contributed by atoms with Crippen LogP contribution in [0.4, 0.5) is 5.69 Å². The molecule has 2 aromatic rings. The van der Waals surface area contributed by atoms with E-state index >= 15 is 0 Å². The number of rotatable bonds is 2. The molecule has 2 atom stereocenters. The molecular formula is C17H18N2O2. The fraction of sp³-hybridized carbons (Fsp3) is 0.294. The van der Waals surface area contributed by atoms with E-state index in [0.29, 0.717) is 0 Å². The molecule has 2 aromatic carbocycles. The van der Waals surface area contributed by atoms with Gasteiger partial charge in [0.15, 0.2) is 0 Å². The molecule has 3 rings (SSSR count). The van der Waals surface area contributed by atoms with Crippen LogP contribution in [-0.4, -0.2) is 16.5 Å². The van der Waals surface area contributed by atoms with Crippen molar-refractivity contribution in [3.8, 4) is 0 Å². The van der Waals surface area contributed by atoms with Gasteiger partial charge >= 0.3 is 0 Å². The number of para-hydroxylation sites is 1. The van der Waals surface area contributed by atoms with E-state index in [2.05, 4.69) is 5.32 Å². The molecule has 2 unspecified atom stereocenters. The number of benzene rings is 2. The highest BCUT2D eigenvalue weighted by molar-refractivity contribution is 5.60. The quantitative estimate of drug-likeness (QED) is 0.675. The van der Waals surface area contributed by atoms with Crippen LogP contribution in [0.15, 0.2) is 54.6 Å². The number of nitrogens with one attached hydrogen (secondary N) is 1. The second kappa shape index (κ2) is 4.88. The number of nitrogens with zero attached hydrogens (tertiary/aromatic N) is 1. The predicted molar refractivity (Wildman–Crippen MR) is 83.2 cm³/mol. The van der Waals surface area contributed by atoms with Crippen LogP contribution in [0.1, 0.15) is 30.9 Å². The molecule has 0 fully saturated rings. The molecule has 1 aliphatic rings. The lowest BCUT2D eigenvalue weighted by atomic mass is 9.73. The summed E-state index contributed by atoms with van der Waals surface area (Å²) in [4.78, 5) is 11.6. The Hall–Kier alpha value is -2.36. The van der Waals surface area contributed by atoms with Crippen LogP contribution in [-0.2, 0) is 0 Å². The van der Waals surface area contributed by atoms with Crippen molar-refractivity contribution in [2.45, 2.75) is 31.3 Å². The summed E-state index contributed by atoms with van der Waals surface area (Å²) in [6, 6.07) is 16.9. The van der Waals surface area contributed by atoms with Crippen molar-refractivity contribution in [1.29, 1.82) is 0 Å². The van der Waals surface area contributed by atoms with Crippen molar-refractivity contribution in [2.75, 3.05) is 5.32 Å².